The third-order valence-corrected chi connectivity index (χ3v) is 6.26. The Labute approximate surface area is 107 Å². The van der Waals surface area contributed by atoms with Gasteiger partial charge in [0.25, 0.3) is 0 Å². The third-order valence-electron chi connectivity index (χ3n) is 3.32. The molecule has 0 radical (unpaired) electrons. The third kappa shape index (κ3) is 5.48. The maximum absolute atomic E-state index is 11.5. The summed E-state index contributed by atoms with van der Waals surface area (Å²) in [6.45, 7) is 2.64. The SMILES string of the molecule is CCS(=O)CCNC1CCCC(S(C)(=O)=O)C1. The summed E-state index contributed by atoms with van der Waals surface area (Å²) in [5, 5.41) is 3.14. The van der Waals surface area contributed by atoms with Crippen LogP contribution in [0.2, 0.25) is 0 Å². The minimum Gasteiger partial charge on any atom is -0.313 e. The van der Waals surface area contributed by atoms with Gasteiger partial charge in [-0.2, -0.15) is 0 Å². The fourth-order valence-electron chi connectivity index (χ4n) is 2.24. The molecule has 0 aromatic carbocycles. The molecule has 0 heterocycles. The van der Waals surface area contributed by atoms with E-state index in [0.29, 0.717) is 17.9 Å². The lowest BCUT2D eigenvalue weighted by atomic mass is 9.95. The first-order valence-electron chi connectivity index (χ1n) is 6.20. The van der Waals surface area contributed by atoms with Gasteiger partial charge in [0, 0.05) is 41.1 Å². The highest BCUT2D eigenvalue weighted by atomic mass is 32.2. The van der Waals surface area contributed by atoms with Crippen molar-refractivity contribution >= 4 is 20.6 Å². The van der Waals surface area contributed by atoms with Gasteiger partial charge in [-0.3, -0.25) is 4.21 Å². The molecule has 4 nitrogen and oxygen atoms in total. The zero-order valence-electron chi connectivity index (χ0n) is 10.6. The summed E-state index contributed by atoms with van der Waals surface area (Å²) in [6.07, 6.45) is 4.82. The van der Waals surface area contributed by atoms with Crippen LogP contribution in [0.4, 0.5) is 0 Å². The number of hydrogen-bond donors (Lipinski definition) is 1. The first-order chi connectivity index (χ1) is 7.93. The first kappa shape index (κ1) is 15.1. The normalized spacial score (nSPS) is 27.9. The lowest BCUT2D eigenvalue weighted by molar-refractivity contribution is 0.379. The van der Waals surface area contributed by atoms with Crippen molar-refractivity contribution in [2.45, 2.75) is 43.9 Å². The average molecular weight is 281 g/mol. The van der Waals surface area contributed by atoms with Crippen molar-refractivity contribution in [3.8, 4) is 0 Å². The molecule has 1 N–H and O–H groups in total. The summed E-state index contributed by atoms with van der Waals surface area (Å²) >= 11 is 0. The van der Waals surface area contributed by atoms with Crippen LogP contribution in [0.5, 0.6) is 0 Å². The van der Waals surface area contributed by atoms with Gasteiger partial charge < -0.3 is 5.32 Å². The Morgan fingerprint density at radius 1 is 1.35 bits per heavy atom. The molecule has 0 spiro atoms. The molecule has 0 aliphatic heterocycles. The molecule has 1 saturated carbocycles. The van der Waals surface area contributed by atoms with Crippen molar-refractivity contribution in [3.63, 3.8) is 0 Å². The van der Waals surface area contributed by atoms with Crippen LogP contribution in [-0.2, 0) is 20.6 Å². The van der Waals surface area contributed by atoms with E-state index in [2.05, 4.69) is 5.32 Å². The molecule has 0 saturated heterocycles. The lowest BCUT2D eigenvalue weighted by Gasteiger charge is -2.28. The van der Waals surface area contributed by atoms with Crippen molar-refractivity contribution in [2.75, 3.05) is 24.3 Å². The second kappa shape index (κ2) is 6.85. The van der Waals surface area contributed by atoms with Crippen molar-refractivity contribution in [1.29, 1.82) is 0 Å². The number of nitrogens with one attached hydrogen (secondary N) is 1. The molecular formula is C11H23NO3S2. The van der Waals surface area contributed by atoms with Gasteiger partial charge in [0.15, 0.2) is 0 Å². The zero-order valence-corrected chi connectivity index (χ0v) is 12.3. The fraction of sp³-hybridized carbons (Fsp3) is 1.00. The minimum atomic E-state index is -2.90. The fourth-order valence-corrected chi connectivity index (χ4v) is 4.05. The Morgan fingerprint density at radius 3 is 2.65 bits per heavy atom. The van der Waals surface area contributed by atoms with E-state index in [4.69, 9.17) is 0 Å². The van der Waals surface area contributed by atoms with Gasteiger partial charge in [0.1, 0.15) is 9.84 Å². The van der Waals surface area contributed by atoms with Gasteiger partial charge in [-0.25, -0.2) is 8.42 Å². The zero-order chi connectivity index (χ0) is 12.9. The van der Waals surface area contributed by atoms with Crippen molar-refractivity contribution in [1.82, 2.24) is 5.32 Å². The van der Waals surface area contributed by atoms with Crippen LogP contribution in [0.1, 0.15) is 32.6 Å². The monoisotopic (exact) mass is 281 g/mol. The molecule has 0 amide bonds. The van der Waals surface area contributed by atoms with Gasteiger partial charge in [0.05, 0.1) is 5.25 Å². The van der Waals surface area contributed by atoms with Crippen LogP contribution in [0.25, 0.3) is 0 Å². The molecule has 1 fully saturated rings. The van der Waals surface area contributed by atoms with Crippen molar-refractivity contribution in [2.24, 2.45) is 0 Å². The second-order valence-corrected chi connectivity index (χ2v) is 8.89. The highest BCUT2D eigenvalue weighted by molar-refractivity contribution is 7.91. The number of sulfone groups is 1. The Kier molecular flexibility index (Phi) is 6.09. The van der Waals surface area contributed by atoms with Crippen molar-refractivity contribution < 1.29 is 12.6 Å². The van der Waals surface area contributed by atoms with Gasteiger partial charge in [-0.05, 0) is 19.3 Å². The molecule has 0 bridgehead atoms. The Morgan fingerprint density at radius 2 is 2.06 bits per heavy atom. The Balaban J connectivity index is 2.33. The summed E-state index contributed by atoms with van der Waals surface area (Å²) in [6, 6.07) is 0.275. The maximum atomic E-state index is 11.5. The van der Waals surface area contributed by atoms with E-state index in [-0.39, 0.29) is 11.3 Å². The van der Waals surface area contributed by atoms with E-state index in [1.165, 1.54) is 6.26 Å². The first-order valence-corrected chi connectivity index (χ1v) is 9.65. The summed E-state index contributed by atoms with van der Waals surface area (Å²) < 4.78 is 34.2. The van der Waals surface area contributed by atoms with E-state index in [0.717, 1.165) is 25.8 Å². The van der Waals surface area contributed by atoms with E-state index < -0.39 is 20.6 Å². The maximum Gasteiger partial charge on any atom is 0.150 e. The summed E-state index contributed by atoms with van der Waals surface area (Å²) in [4.78, 5) is 0. The van der Waals surface area contributed by atoms with Crippen molar-refractivity contribution in [3.05, 3.63) is 0 Å². The van der Waals surface area contributed by atoms with Crippen LogP contribution in [0.15, 0.2) is 0 Å². The van der Waals surface area contributed by atoms with Crippen LogP contribution >= 0.6 is 0 Å². The highest BCUT2D eigenvalue weighted by Gasteiger charge is 2.28. The second-order valence-electron chi connectivity index (χ2n) is 4.70. The standard InChI is InChI=1S/C11H23NO3S2/c1-3-16(13)8-7-12-10-5-4-6-11(9-10)17(2,14)15/h10-12H,3-9H2,1-2H3. The quantitative estimate of drug-likeness (QED) is 0.778. The minimum absolute atomic E-state index is 0.189. The molecule has 3 atom stereocenters. The van der Waals surface area contributed by atoms with Crippen LogP contribution < -0.4 is 5.32 Å². The predicted molar refractivity (Wildman–Crippen MR) is 72.4 cm³/mol. The summed E-state index contributed by atoms with van der Waals surface area (Å²) in [7, 11) is -3.64. The van der Waals surface area contributed by atoms with Crippen LogP contribution in [0.3, 0.4) is 0 Å². The summed E-state index contributed by atoms with van der Waals surface area (Å²) in [5.74, 6) is 1.36. The van der Waals surface area contributed by atoms with Gasteiger partial charge in [-0.15, -0.1) is 0 Å². The van der Waals surface area contributed by atoms with Crippen LogP contribution in [0, 0.1) is 0 Å². The van der Waals surface area contributed by atoms with Gasteiger partial charge in [0.2, 0.25) is 0 Å². The molecule has 1 aliphatic rings. The Hall–Kier alpha value is 0.0600. The topological polar surface area (TPSA) is 63.2 Å². The molecule has 3 unspecified atom stereocenters. The highest BCUT2D eigenvalue weighted by Crippen LogP contribution is 2.23. The van der Waals surface area contributed by atoms with Crippen LogP contribution in [-0.4, -0.2) is 48.2 Å². The van der Waals surface area contributed by atoms with E-state index in [9.17, 15) is 12.6 Å². The molecule has 0 aromatic heterocycles. The lowest BCUT2D eigenvalue weighted by Crippen LogP contribution is -2.40. The largest absolute Gasteiger partial charge is 0.313 e. The van der Waals surface area contributed by atoms with E-state index in [1.54, 1.807) is 0 Å². The molecule has 1 rings (SSSR count). The smallest absolute Gasteiger partial charge is 0.150 e. The number of rotatable bonds is 6. The molecular weight excluding hydrogens is 258 g/mol. The summed E-state index contributed by atoms with van der Waals surface area (Å²) in [5.41, 5.74) is 0. The molecule has 0 aromatic rings. The Bertz CT molecular complexity index is 354. The van der Waals surface area contributed by atoms with E-state index in [1.807, 2.05) is 6.92 Å². The number of hydrogen-bond acceptors (Lipinski definition) is 4. The average Bonchev–Trinajstić information content (AvgIpc) is 2.28. The van der Waals surface area contributed by atoms with Gasteiger partial charge in [-0.1, -0.05) is 13.3 Å². The van der Waals surface area contributed by atoms with E-state index >= 15 is 0 Å². The predicted octanol–water partition coefficient (Wildman–Crippen LogP) is 0.700. The van der Waals surface area contributed by atoms with Gasteiger partial charge >= 0.3 is 0 Å². The molecule has 6 heteroatoms. The molecule has 1 aliphatic carbocycles. The molecule has 102 valence electrons. The molecule has 17 heavy (non-hydrogen) atoms.